The maximum Gasteiger partial charge on any atom is 0.348 e. The topological polar surface area (TPSA) is 116 Å². The monoisotopic (exact) mass is 311 g/mol. The first kappa shape index (κ1) is 14.7. The average Bonchev–Trinajstić information content (AvgIpc) is 3.04. The molecule has 2 aromatic carbocycles. The second kappa shape index (κ2) is 6.69. The summed E-state index contributed by atoms with van der Waals surface area (Å²) in [6.45, 7) is 1.89. The minimum atomic E-state index is 0.179. The standard InChI is InChI=1S/C16H19N7/c17-15(18)22-13-5-1-11(2-6-13)21-12-3-7-14(8-4-12)23-16-19-9-10-20-16/h1-8,21H,9-10H2,(H4,17,18,22)(H2,19,20,23)/p+2. The number of benzene rings is 2. The molecule has 2 aromatic rings. The number of hydrogen-bond donors (Lipinski definition) is 7. The maximum atomic E-state index is 5.41. The summed E-state index contributed by atoms with van der Waals surface area (Å²) in [5.74, 6) is 1.13. The molecular weight excluding hydrogens is 290 g/mol. The van der Waals surface area contributed by atoms with Crippen molar-refractivity contribution < 1.29 is 9.98 Å². The third-order valence-electron chi connectivity index (χ3n) is 3.35. The summed E-state index contributed by atoms with van der Waals surface area (Å²) in [6, 6.07) is 15.8. The number of nitrogens with two attached hydrogens (primary N) is 2. The highest BCUT2D eigenvalue weighted by Gasteiger charge is 2.11. The van der Waals surface area contributed by atoms with Crippen LogP contribution in [0.25, 0.3) is 0 Å². The van der Waals surface area contributed by atoms with Gasteiger partial charge in [-0.3, -0.25) is 21.8 Å². The molecular formula is C16H21N7+2. The quantitative estimate of drug-likeness (QED) is 0.257. The van der Waals surface area contributed by atoms with Crippen molar-refractivity contribution in [3.05, 3.63) is 48.5 Å². The molecule has 0 unspecified atom stereocenters. The minimum absolute atomic E-state index is 0.179. The Balaban J connectivity index is 1.62. The van der Waals surface area contributed by atoms with Gasteiger partial charge in [-0.05, 0) is 48.5 Å². The second-order valence-electron chi connectivity index (χ2n) is 5.21. The van der Waals surface area contributed by atoms with Gasteiger partial charge < -0.3 is 5.32 Å². The molecule has 1 aliphatic rings. The van der Waals surface area contributed by atoms with Crippen LogP contribution in [0.1, 0.15) is 0 Å². The Morgan fingerprint density at radius 1 is 0.913 bits per heavy atom. The number of nitrogens with one attached hydrogen (secondary N) is 5. The molecule has 23 heavy (non-hydrogen) atoms. The average molecular weight is 311 g/mol. The lowest BCUT2D eigenvalue weighted by Crippen LogP contribution is -2.72. The Hall–Kier alpha value is -3.22. The van der Waals surface area contributed by atoms with Crippen LogP contribution in [0.4, 0.5) is 22.7 Å². The first-order valence-electron chi connectivity index (χ1n) is 7.43. The van der Waals surface area contributed by atoms with E-state index in [1.165, 1.54) is 0 Å². The molecule has 0 aliphatic carbocycles. The molecule has 9 N–H and O–H groups in total. The van der Waals surface area contributed by atoms with E-state index in [9.17, 15) is 0 Å². The lowest BCUT2D eigenvalue weighted by Gasteiger charge is -2.07. The van der Waals surface area contributed by atoms with Gasteiger partial charge in [0.15, 0.2) is 0 Å². The van der Waals surface area contributed by atoms with Crippen molar-refractivity contribution in [1.29, 1.82) is 0 Å². The molecule has 1 aliphatic heterocycles. The number of hydrogen-bond acceptors (Lipinski definition) is 3. The summed E-state index contributed by atoms with van der Waals surface area (Å²) in [5.41, 5.74) is 14.7. The highest BCUT2D eigenvalue weighted by atomic mass is 15.2. The zero-order chi connectivity index (χ0) is 16.1. The molecule has 0 spiro atoms. The number of anilines is 3. The zero-order valence-electron chi connectivity index (χ0n) is 12.7. The van der Waals surface area contributed by atoms with Crippen molar-refractivity contribution in [3.8, 4) is 0 Å². The molecule has 0 bridgehead atoms. The molecule has 0 fully saturated rings. The minimum Gasteiger partial charge on any atom is -0.356 e. The number of rotatable bonds is 4. The normalized spacial score (nSPS) is 13.0. The first-order chi connectivity index (χ1) is 11.2. The molecule has 118 valence electrons. The maximum absolute atomic E-state index is 5.41. The SMILES string of the molecule is NC(N)=[NH+]c1ccc(Nc2ccc(NC3=[NH+]CCN3)cc2)cc1. The molecule has 0 saturated heterocycles. The predicted molar refractivity (Wildman–Crippen MR) is 92.6 cm³/mol. The molecule has 7 heteroatoms. The van der Waals surface area contributed by atoms with E-state index in [0.717, 1.165) is 41.8 Å². The Morgan fingerprint density at radius 2 is 1.48 bits per heavy atom. The van der Waals surface area contributed by atoms with Crippen molar-refractivity contribution in [2.75, 3.05) is 23.7 Å². The molecule has 3 rings (SSSR count). The van der Waals surface area contributed by atoms with Gasteiger partial charge in [-0.2, -0.15) is 0 Å². The Labute approximate surface area is 134 Å². The summed E-state index contributed by atoms with van der Waals surface area (Å²) in [6.07, 6.45) is 0. The molecule has 1 heterocycles. The van der Waals surface area contributed by atoms with E-state index in [0.29, 0.717) is 0 Å². The van der Waals surface area contributed by atoms with Crippen LogP contribution >= 0.6 is 0 Å². The molecule has 0 atom stereocenters. The van der Waals surface area contributed by atoms with E-state index in [1.54, 1.807) is 0 Å². The van der Waals surface area contributed by atoms with E-state index in [4.69, 9.17) is 11.5 Å². The zero-order valence-corrected chi connectivity index (χ0v) is 12.7. The van der Waals surface area contributed by atoms with Gasteiger partial charge in [-0.25, -0.2) is 10.3 Å². The van der Waals surface area contributed by atoms with Crippen LogP contribution in [-0.2, 0) is 0 Å². The van der Waals surface area contributed by atoms with E-state index in [2.05, 4.69) is 25.9 Å². The number of guanidine groups is 2. The van der Waals surface area contributed by atoms with Gasteiger partial charge in [0.2, 0.25) is 0 Å². The highest BCUT2D eigenvalue weighted by Crippen LogP contribution is 2.19. The van der Waals surface area contributed by atoms with Gasteiger partial charge in [0.1, 0.15) is 0 Å². The Bertz CT molecular complexity index is 713. The van der Waals surface area contributed by atoms with Crippen molar-refractivity contribution in [2.24, 2.45) is 11.5 Å². The third kappa shape index (κ3) is 4.13. The van der Waals surface area contributed by atoms with Crippen LogP contribution in [0.15, 0.2) is 48.5 Å². The van der Waals surface area contributed by atoms with Crippen LogP contribution in [-0.4, -0.2) is 25.0 Å². The van der Waals surface area contributed by atoms with E-state index in [-0.39, 0.29) is 5.96 Å². The van der Waals surface area contributed by atoms with Crippen molar-refractivity contribution in [1.82, 2.24) is 5.32 Å². The van der Waals surface area contributed by atoms with Crippen LogP contribution in [0.2, 0.25) is 0 Å². The van der Waals surface area contributed by atoms with Crippen molar-refractivity contribution in [2.45, 2.75) is 0 Å². The summed E-state index contributed by atoms with van der Waals surface area (Å²) in [4.78, 5) is 6.09. The van der Waals surface area contributed by atoms with Gasteiger partial charge >= 0.3 is 11.9 Å². The van der Waals surface area contributed by atoms with Crippen molar-refractivity contribution >= 4 is 34.7 Å². The summed E-state index contributed by atoms with van der Waals surface area (Å²) in [5, 5.41) is 9.86. The predicted octanol–water partition coefficient (Wildman–Crippen LogP) is -2.13. The second-order valence-corrected chi connectivity index (χ2v) is 5.21. The fraction of sp³-hybridized carbons (Fsp3) is 0.125. The fourth-order valence-corrected chi connectivity index (χ4v) is 2.28. The van der Waals surface area contributed by atoms with Gasteiger partial charge in [0, 0.05) is 11.4 Å². The summed E-state index contributed by atoms with van der Waals surface area (Å²) in [7, 11) is 0. The van der Waals surface area contributed by atoms with Crippen molar-refractivity contribution in [3.63, 3.8) is 0 Å². The third-order valence-corrected chi connectivity index (χ3v) is 3.35. The lowest BCUT2D eigenvalue weighted by molar-refractivity contribution is -0.444. The van der Waals surface area contributed by atoms with E-state index < -0.39 is 0 Å². The smallest absolute Gasteiger partial charge is 0.348 e. The molecule has 0 saturated carbocycles. The summed E-state index contributed by atoms with van der Waals surface area (Å²) >= 11 is 0. The fourth-order valence-electron chi connectivity index (χ4n) is 2.28. The molecule has 7 nitrogen and oxygen atoms in total. The van der Waals surface area contributed by atoms with Crippen LogP contribution < -0.4 is 37.4 Å². The first-order valence-corrected chi connectivity index (χ1v) is 7.43. The van der Waals surface area contributed by atoms with Gasteiger partial charge in [0.05, 0.1) is 24.5 Å². The largest absolute Gasteiger partial charge is 0.356 e. The van der Waals surface area contributed by atoms with E-state index in [1.807, 2.05) is 48.5 Å². The van der Waals surface area contributed by atoms with Crippen LogP contribution in [0, 0.1) is 0 Å². The van der Waals surface area contributed by atoms with Crippen LogP contribution in [0.3, 0.4) is 0 Å². The molecule has 0 amide bonds. The Kier molecular flexibility index (Phi) is 4.28. The van der Waals surface area contributed by atoms with Gasteiger partial charge in [-0.15, -0.1) is 0 Å². The van der Waals surface area contributed by atoms with Gasteiger partial charge in [0.25, 0.3) is 0 Å². The molecule has 0 aromatic heterocycles. The Morgan fingerprint density at radius 3 is 2.00 bits per heavy atom. The molecule has 0 radical (unpaired) electrons. The van der Waals surface area contributed by atoms with Crippen LogP contribution in [0.5, 0.6) is 0 Å². The van der Waals surface area contributed by atoms with E-state index >= 15 is 0 Å². The lowest BCUT2D eigenvalue weighted by atomic mass is 10.2. The van der Waals surface area contributed by atoms with Gasteiger partial charge in [-0.1, -0.05) is 0 Å². The highest BCUT2D eigenvalue weighted by molar-refractivity contribution is 5.90. The summed E-state index contributed by atoms with van der Waals surface area (Å²) < 4.78 is 0.